The van der Waals surface area contributed by atoms with Gasteiger partial charge < -0.3 is 0 Å². The molecule has 1 aromatic rings. The molecular weight excluding hydrogens is 148 g/mol. The van der Waals surface area contributed by atoms with Crippen molar-refractivity contribution in [3.8, 4) is 0 Å². The third-order valence-electron chi connectivity index (χ3n) is 0.940. The van der Waals surface area contributed by atoms with Crippen LogP contribution in [0.15, 0.2) is 30.3 Å². The van der Waals surface area contributed by atoms with E-state index in [1.54, 1.807) is 0 Å². The molecular formula is C7H8OTi. The summed E-state index contributed by atoms with van der Waals surface area (Å²) in [5.41, 5.74) is 1.32. The summed E-state index contributed by atoms with van der Waals surface area (Å²) in [6.07, 6.45) is 0. The van der Waals surface area contributed by atoms with E-state index in [2.05, 4.69) is 19.1 Å². The Hall–Kier alpha value is -0.266. The molecule has 0 spiro atoms. The fourth-order valence-corrected chi connectivity index (χ4v) is 0.534. The first kappa shape index (κ1) is 8.73. The van der Waals surface area contributed by atoms with Crippen molar-refractivity contribution in [2.24, 2.45) is 0 Å². The van der Waals surface area contributed by atoms with Crippen LogP contribution in [0.4, 0.5) is 0 Å². The molecule has 0 N–H and O–H groups in total. The predicted molar refractivity (Wildman–Crippen MR) is 31.9 cm³/mol. The first-order valence-electron chi connectivity index (χ1n) is 2.61. The fraction of sp³-hybridized carbons (Fsp3) is 0.143. The first-order chi connectivity index (χ1) is 4.39. The van der Waals surface area contributed by atoms with Gasteiger partial charge in [0.05, 0.1) is 0 Å². The van der Waals surface area contributed by atoms with Crippen molar-refractivity contribution in [2.75, 3.05) is 0 Å². The zero-order valence-electron chi connectivity index (χ0n) is 5.29. The summed E-state index contributed by atoms with van der Waals surface area (Å²) in [6.45, 7) is 2.08. The SMILES string of the molecule is Cc1ccccc1.[O]=[Ti]. The molecule has 0 aromatic heterocycles. The van der Waals surface area contributed by atoms with Crippen molar-refractivity contribution < 1.29 is 23.7 Å². The first-order valence-corrected chi connectivity index (χ1v) is 3.25. The number of aryl methyl sites for hydroxylation is 1. The molecule has 0 saturated carbocycles. The fourth-order valence-electron chi connectivity index (χ4n) is 0.534. The molecule has 1 rings (SSSR count). The van der Waals surface area contributed by atoms with Gasteiger partial charge >= 0.3 is 23.7 Å². The van der Waals surface area contributed by atoms with Gasteiger partial charge in [-0.15, -0.1) is 0 Å². The Kier molecular flexibility index (Phi) is 5.69. The van der Waals surface area contributed by atoms with Crippen molar-refractivity contribution >= 4 is 0 Å². The molecule has 0 aliphatic heterocycles. The molecule has 0 fully saturated rings. The number of hydrogen-bond acceptors (Lipinski definition) is 1. The third kappa shape index (κ3) is 4.25. The Morgan fingerprint density at radius 3 is 1.78 bits per heavy atom. The van der Waals surface area contributed by atoms with Gasteiger partial charge in [-0.2, -0.15) is 0 Å². The molecule has 0 aliphatic carbocycles. The summed E-state index contributed by atoms with van der Waals surface area (Å²) in [7, 11) is 0. The Labute approximate surface area is 66.8 Å². The number of rotatable bonds is 0. The van der Waals surface area contributed by atoms with Gasteiger partial charge in [0.2, 0.25) is 0 Å². The minimum absolute atomic E-state index is 0.750. The van der Waals surface area contributed by atoms with E-state index < -0.39 is 0 Å². The van der Waals surface area contributed by atoms with Gasteiger partial charge in [-0.1, -0.05) is 35.9 Å². The molecule has 1 nitrogen and oxygen atoms in total. The standard InChI is InChI=1S/C7H8.O.Ti/c1-7-5-3-2-4-6-7;;/h2-6H,1H3;;. The topological polar surface area (TPSA) is 17.1 Å². The van der Waals surface area contributed by atoms with E-state index in [1.807, 2.05) is 18.2 Å². The molecule has 0 bridgehead atoms. The predicted octanol–water partition coefficient (Wildman–Crippen LogP) is 1.87. The van der Waals surface area contributed by atoms with E-state index >= 15 is 0 Å². The summed E-state index contributed by atoms with van der Waals surface area (Å²) >= 11 is 0.750. The molecule has 9 heavy (non-hydrogen) atoms. The Balaban J connectivity index is 0.000000291. The van der Waals surface area contributed by atoms with Crippen LogP contribution in [0.5, 0.6) is 0 Å². The second-order valence-electron chi connectivity index (χ2n) is 1.65. The van der Waals surface area contributed by atoms with Gasteiger partial charge in [-0.3, -0.25) is 0 Å². The monoisotopic (exact) mass is 156 g/mol. The van der Waals surface area contributed by atoms with E-state index in [0.29, 0.717) is 0 Å². The van der Waals surface area contributed by atoms with E-state index in [-0.39, 0.29) is 0 Å². The summed E-state index contributed by atoms with van der Waals surface area (Å²) in [5.74, 6) is 0. The van der Waals surface area contributed by atoms with Gasteiger partial charge in [0, 0.05) is 0 Å². The zero-order valence-corrected chi connectivity index (χ0v) is 6.86. The molecule has 0 amide bonds. The van der Waals surface area contributed by atoms with Crippen molar-refractivity contribution in [3.63, 3.8) is 0 Å². The molecule has 46 valence electrons. The van der Waals surface area contributed by atoms with Crippen LogP contribution in [-0.4, -0.2) is 0 Å². The van der Waals surface area contributed by atoms with Crippen molar-refractivity contribution in [1.29, 1.82) is 0 Å². The van der Waals surface area contributed by atoms with E-state index in [1.165, 1.54) is 5.56 Å². The summed E-state index contributed by atoms with van der Waals surface area (Å²) in [5, 5.41) is 0. The third-order valence-corrected chi connectivity index (χ3v) is 0.940. The average molecular weight is 156 g/mol. The number of benzene rings is 1. The van der Waals surface area contributed by atoms with E-state index in [0.717, 1.165) is 20.4 Å². The van der Waals surface area contributed by atoms with Crippen LogP contribution in [-0.2, 0) is 23.7 Å². The second-order valence-corrected chi connectivity index (χ2v) is 1.65. The van der Waals surface area contributed by atoms with Crippen LogP contribution in [0.2, 0.25) is 0 Å². The quantitative estimate of drug-likeness (QED) is 0.524. The summed E-state index contributed by atoms with van der Waals surface area (Å²) in [6, 6.07) is 10.3. The average Bonchev–Trinajstić information content (AvgIpc) is 1.94. The van der Waals surface area contributed by atoms with Gasteiger partial charge in [-0.05, 0) is 6.92 Å². The van der Waals surface area contributed by atoms with E-state index in [4.69, 9.17) is 3.32 Å². The van der Waals surface area contributed by atoms with Crippen LogP contribution >= 0.6 is 0 Å². The van der Waals surface area contributed by atoms with Gasteiger partial charge in [0.1, 0.15) is 0 Å². The molecule has 0 radical (unpaired) electrons. The molecule has 0 unspecified atom stereocenters. The molecule has 2 heteroatoms. The minimum atomic E-state index is 0.750. The number of hydrogen-bond donors (Lipinski definition) is 0. The zero-order chi connectivity index (χ0) is 7.11. The maximum absolute atomic E-state index is 8.25. The summed E-state index contributed by atoms with van der Waals surface area (Å²) in [4.78, 5) is 0. The van der Waals surface area contributed by atoms with Gasteiger partial charge in [-0.25, -0.2) is 0 Å². The van der Waals surface area contributed by atoms with Crippen molar-refractivity contribution in [1.82, 2.24) is 0 Å². The molecule has 0 saturated heterocycles. The second kappa shape index (κ2) is 5.86. The van der Waals surface area contributed by atoms with Gasteiger partial charge in [0.25, 0.3) is 0 Å². The van der Waals surface area contributed by atoms with Crippen LogP contribution in [0.25, 0.3) is 0 Å². The molecule has 1 aromatic carbocycles. The van der Waals surface area contributed by atoms with Gasteiger partial charge in [0.15, 0.2) is 0 Å². The van der Waals surface area contributed by atoms with Crippen LogP contribution in [0, 0.1) is 6.92 Å². The van der Waals surface area contributed by atoms with Crippen molar-refractivity contribution in [2.45, 2.75) is 6.92 Å². The molecule has 0 atom stereocenters. The van der Waals surface area contributed by atoms with Crippen LogP contribution < -0.4 is 0 Å². The maximum atomic E-state index is 8.25. The Bertz CT molecular complexity index is 150. The Morgan fingerprint density at radius 2 is 1.56 bits per heavy atom. The molecule has 0 aliphatic rings. The summed E-state index contributed by atoms with van der Waals surface area (Å²) < 4.78 is 8.25. The Morgan fingerprint density at radius 1 is 1.11 bits per heavy atom. The van der Waals surface area contributed by atoms with Crippen molar-refractivity contribution in [3.05, 3.63) is 35.9 Å². The molecule has 0 heterocycles. The van der Waals surface area contributed by atoms with Crippen LogP contribution in [0.3, 0.4) is 0 Å². The van der Waals surface area contributed by atoms with Crippen LogP contribution in [0.1, 0.15) is 5.56 Å². The normalized spacial score (nSPS) is 7.11. The van der Waals surface area contributed by atoms with E-state index in [9.17, 15) is 0 Å².